The van der Waals surface area contributed by atoms with Crippen molar-refractivity contribution in [2.45, 2.75) is 11.3 Å². The van der Waals surface area contributed by atoms with Gasteiger partial charge in [0.25, 0.3) is 0 Å². The monoisotopic (exact) mass is 253 g/mol. The van der Waals surface area contributed by atoms with E-state index in [0.717, 1.165) is 35.1 Å². The van der Waals surface area contributed by atoms with Crippen LogP contribution in [0.5, 0.6) is 0 Å². The van der Waals surface area contributed by atoms with Gasteiger partial charge >= 0.3 is 0 Å². The molecule has 0 spiro atoms. The van der Waals surface area contributed by atoms with Crippen LogP contribution in [-0.4, -0.2) is 35.4 Å². The summed E-state index contributed by atoms with van der Waals surface area (Å²) in [6, 6.07) is 7.80. The number of hydrogen-bond donors (Lipinski definition) is 1. The molecule has 1 aliphatic heterocycles. The lowest BCUT2D eigenvalue weighted by atomic mass is 10.1. The molecule has 0 atom stereocenters. The molecule has 0 aromatic heterocycles. The van der Waals surface area contributed by atoms with Crippen LogP contribution >= 0.6 is 24.4 Å². The molecule has 1 aromatic carbocycles. The molecule has 1 heterocycles. The summed E-state index contributed by atoms with van der Waals surface area (Å²) in [6.07, 6.45) is 0.513. The number of amides is 1. The molecule has 1 saturated heterocycles. The molecule has 16 heavy (non-hydrogen) atoms. The zero-order chi connectivity index (χ0) is 11.4. The maximum Gasteiger partial charge on any atom is 0.227 e. The minimum atomic E-state index is 0.243. The molecule has 1 aromatic rings. The van der Waals surface area contributed by atoms with Crippen molar-refractivity contribution in [1.29, 1.82) is 0 Å². The summed E-state index contributed by atoms with van der Waals surface area (Å²) < 4.78 is 0. The van der Waals surface area contributed by atoms with E-state index in [1.54, 1.807) is 0 Å². The van der Waals surface area contributed by atoms with Crippen LogP contribution in [0.4, 0.5) is 0 Å². The van der Waals surface area contributed by atoms with E-state index in [1.165, 1.54) is 0 Å². The topological polar surface area (TPSA) is 20.3 Å². The molecule has 1 amide bonds. The summed E-state index contributed by atoms with van der Waals surface area (Å²) in [4.78, 5) is 14.8. The molecular weight excluding hydrogens is 238 g/mol. The predicted molar refractivity (Wildman–Crippen MR) is 71.3 cm³/mol. The first kappa shape index (κ1) is 11.9. The fraction of sp³-hybridized carbons (Fsp3) is 0.417. The maximum absolute atomic E-state index is 12.0. The van der Waals surface area contributed by atoms with Gasteiger partial charge in [0.1, 0.15) is 0 Å². The Morgan fingerprint density at radius 3 is 2.50 bits per heavy atom. The highest BCUT2D eigenvalue weighted by Gasteiger charge is 2.16. The first-order valence-electron chi connectivity index (χ1n) is 5.39. The van der Waals surface area contributed by atoms with Gasteiger partial charge in [-0.2, -0.15) is 11.8 Å². The van der Waals surface area contributed by atoms with Gasteiger partial charge in [-0.05, 0) is 17.7 Å². The summed E-state index contributed by atoms with van der Waals surface area (Å²) in [5.74, 6) is 2.38. The van der Waals surface area contributed by atoms with E-state index in [9.17, 15) is 4.79 Å². The van der Waals surface area contributed by atoms with Gasteiger partial charge in [-0.25, -0.2) is 0 Å². The fourth-order valence-corrected chi connectivity index (χ4v) is 2.77. The smallest absolute Gasteiger partial charge is 0.227 e. The van der Waals surface area contributed by atoms with E-state index in [-0.39, 0.29) is 5.91 Å². The number of carbonyl (C=O) groups is 1. The number of thiol groups is 1. The standard InChI is InChI=1S/C12H15NOS2/c14-12(13-5-7-16-8-6-13)9-10-1-3-11(15)4-2-10/h1-4,15H,5-9H2. The molecule has 0 unspecified atom stereocenters. The lowest BCUT2D eigenvalue weighted by Crippen LogP contribution is -2.38. The third kappa shape index (κ3) is 3.19. The van der Waals surface area contributed by atoms with Crippen molar-refractivity contribution in [2.75, 3.05) is 24.6 Å². The second-order valence-electron chi connectivity index (χ2n) is 3.84. The van der Waals surface area contributed by atoms with E-state index in [4.69, 9.17) is 0 Å². The first-order valence-corrected chi connectivity index (χ1v) is 6.99. The highest BCUT2D eigenvalue weighted by Crippen LogP contribution is 2.12. The molecule has 1 fully saturated rings. The first-order chi connectivity index (χ1) is 7.75. The third-order valence-corrected chi connectivity index (χ3v) is 3.90. The van der Waals surface area contributed by atoms with E-state index in [2.05, 4.69) is 12.6 Å². The summed E-state index contributed by atoms with van der Waals surface area (Å²) in [5.41, 5.74) is 1.07. The Morgan fingerprint density at radius 1 is 1.25 bits per heavy atom. The van der Waals surface area contributed by atoms with Crippen molar-refractivity contribution >= 4 is 30.3 Å². The van der Waals surface area contributed by atoms with Crippen LogP contribution in [-0.2, 0) is 11.2 Å². The summed E-state index contributed by atoms with van der Waals surface area (Å²) in [7, 11) is 0. The van der Waals surface area contributed by atoms with E-state index in [0.29, 0.717) is 6.42 Å². The number of rotatable bonds is 2. The Morgan fingerprint density at radius 2 is 1.88 bits per heavy atom. The van der Waals surface area contributed by atoms with Crippen molar-refractivity contribution in [1.82, 2.24) is 4.90 Å². The number of carbonyl (C=O) groups excluding carboxylic acids is 1. The Bertz CT molecular complexity index is 358. The van der Waals surface area contributed by atoms with E-state index < -0.39 is 0 Å². The van der Waals surface area contributed by atoms with Crippen molar-refractivity contribution in [3.63, 3.8) is 0 Å². The molecule has 1 aliphatic rings. The molecular formula is C12H15NOS2. The number of nitrogens with zero attached hydrogens (tertiary/aromatic N) is 1. The van der Waals surface area contributed by atoms with Crippen molar-refractivity contribution in [2.24, 2.45) is 0 Å². The lowest BCUT2D eigenvalue weighted by Gasteiger charge is -2.26. The average molecular weight is 253 g/mol. The molecule has 2 nitrogen and oxygen atoms in total. The van der Waals surface area contributed by atoms with Gasteiger partial charge in [0.2, 0.25) is 5.91 Å². The third-order valence-electron chi connectivity index (χ3n) is 2.66. The van der Waals surface area contributed by atoms with Crippen LogP contribution < -0.4 is 0 Å². The maximum atomic E-state index is 12.0. The summed E-state index contributed by atoms with van der Waals surface area (Å²) in [6.45, 7) is 1.79. The van der Waals surface area contributed by atoms with Gasteiger partial charge < -0.3 is 4.90 Å². The highest BCUT2D eigenvalue weighted by molar-refractivity contribution is 7.99. The molecule has 0 N–H and O–H groups in total. The van der Waals surface area contributed by atoms with Gasteiger partial charge in [-0.3, -0.25) is 4.79 Å². The molecule has 86 valence electrons. The zero-order valence-corrected chi connectivity index (χ0v) is 10.8. The van der Waals surface area contributed by atoms with Gasteiger partial charge in [0.15, 0.2) is 0 Å². The Labute approximate surface area is 106 Å². The van der Waals surface area contributed by atoms with E-state index in [1.807, 2.05) is 40.9 Å². The molecule has 0 radical (unpaired) electrons. The highest BCUT2D eigenvalue weighted by atomic mass is 32.2. The van der Waals surface area contributed by atoms with Gasteiger partial charge in [-0.1, -0.05) is 12.1 Å². The quantitative estimate of drug-likeness (QED) is 0.815. The van der Waals surface area contributed by atoms with Gasteiger partial charge in [-0.15, -0.1) is 12.6 Å². The van der Waals surface area contributed by atoms with Crippen LogP contribution in [0.3, 0.4) is 0 Å². The molecule has 4 heteroatoms. The van der Waals surface area contributed by atoms with Crippen LogP contribution in [0.15, 0.2) is 29.2 Å². The minimum Gasteiger partial charge on any atom is -0.341 e. The molecule has 2 rings (SSSR count). The Kier molecular flexibility index (Phi) is 4.18. The zero-order valence-electron chi connectivity index (χ0n) is 9.06. The predicted octanol–water partition coefficient (Wildman–Crippen LogP) is 2.09. The van der Waals surface area contributed by atoms with E-state index >= 15 is 0 Å². The number of hydrogen-bond acceptors (Lipinski definition) is 3. The van der Waals surface area contributed by atoms with Crippen molar-refractivity contribution in [3.05, 3.63) is 29.8 Å². The van der Waals surface area contributed by atoms with Crippen molar-refractivity contribution < 1.29 is 4.79 Å². The minimum absolute atomic E-state index is 0.243. The van der Waals surface area contributed by atoms with Gasteiger partial charge in [0.05, 0.1) is 6.42 Å². The molecule has 0 aliphatic carbocycles. The average Bonchev–Trinajstić information content (AvgIpc) is 2.33. The SMILES string of the molecule is O=C(Cc1ccc(S)cc1)N1CCSCC1. The number of benzene rings is 1. The summed E-state index contributed by atoms with van der Waals surface area (Å²) in [5, 5.41) is 0. The molecule has 0 bridgehead atoms. The van der Waals surface area contributed by atoms with Crippen molar-refractivity contribution in [3.8, 4) is 0 Å². The number of thioether (sulfide) groups is 1. The van der Waals surface area contributed by atoms with Crippen LogP contribution in [0, 0.1) is 0 Å². The van der Waals surface area contributed by atoms with Crippen LogP contribution in [0.2, 0.25) is 0 Å². The molecule has 0 saturated carbocycles. The Balaban J connectivity index is 1.93. The fourth-order valence-electron chi connectivity index (χ4n) is 1.71. The van der Waals surface area contributed by atoms with Gasteiger partial charge in [0, 0.05) is 29.5 Å². The van der Waals surface area contributed by atoms with Crippen LogP contribution in [0.25, 0.3) is 0 Å². The van der Waals surface area contributed by atoms with Crippen LogP contribution in [0.1, 0.15) is 5.56 Å². The second kappa shape index (κ2) is 5.64. The lowest BCUT2D eigenvalue weighted by molar-refractivity contribution is -0.130. The second-order valence-corrected chi connectivity index (χ2v) is 5.58. The Hall–Kier alpha value is -0.610. The summed E-state index contributed by atoms with van der Waals surface area (Å²) >= 11 is 6.15. The largest absolute Gasteiger partial charge is 0.341 e. The normalized spacial score (nSPS) is 16.2.